The summed E-state index contributed by atoms with van der Waals surface area (Å²) in [7, 11) is 2.14. The molecule has 0 heterocycles. The first-order valence-electron chi connectivity index (χ1n) is 6.63. The number of para-hydroxylation sites is 1. The second-order valence-electron chi connectivity index (χ2n) is 5.25. The average molecular weight is 250 g/mol. The molecule has 0 aliphatic heterocycles. The highest BCUT2D eigenvalue weighted by Crippen LogP contribution is 2.18. The molecule has 0 aliphatic carbocycles. The van der Waals surface area contributed by atoms with Gasteiger partial charge in [-0.25, -0.2) is 0 Å². The SMILES string of the molecule is CCC(C)(C)N(C)CCOc1ccccc1CN. The topological polar surface area (TPSA) is 38.5 Å². The molecule has 0 fully saturated rings. The van der Waals surface area contributed by atoms with Gasteiger partial charge < -0.3 is 10.5 Å². The van der Waals surface area contributed by atoms with E-state index in [1.54, 1.807) is 0 Å². The number of benzene rings is 1. The van der Waals surface area contributed by atoms with Gasteiger partial charge >= 0.3 is 0 Å². The highest BCUT2D eigenvalue weighted by Gasteiger charge is 2.20. The lowest BCUT2D eigenvalue weighted by molar-refractivity contribution is 0.125. The number of ether oxygens (including phenoxy) is 1. The molecule has 1 rings (SSSR count). The van der Waals surface area contributed by atoms with Crippen molar-refractivity contribution in [1.29, 1.82) is 0 Å². The minimum Gasteiger partial charge on any atom is -0.492 e. The van der Waals surface area contributed by atoms with Gasteiger partial charge in [0.05, 0.1) is 0 Å². The minimum atomic E-state index is 0.219. The first kappa shape index (κ1) is 15.0. The van der Waals surface area contributed by atoms with Crippen molar-refractivity contribution in [2.75, 3.05) is 20.2 Å². The zero-order chi connectivity index (χ0) is 13.6. The summed E-state index contributed by atoms with van der Waals surface area (Å²) in [6.07, 6.45) is 1.13. The highest BCUT2D eigenvalue weighted by atomic mass is 16.5. The Morgan fingerprint density at radius 1 is 1.28 bits per heavy atom. The van der Waals surface area contributed by atoms with Gasteiger partial charge in [0.15, 0.2) is 0 Å². The third-order valence-electron chi connectivity index (χ3n) is 3.78. The van der Waals surface area contributed by atoms with E-state index < -0.39 is 0 Å². The molecule has 0 bridgehead atoms. The van der Waals surface area contributed by atoms with E-state index in [-0.39, 0.29) is 5.54 Å². The van der Waals surface area contributed by atoms with E-state index in [1.165, 1.54) is 0 Å². The molecule has 3 nitrogen and oxygen atoms in total. The average Bonchev–Trinajstić information content (AvgIpc) is 2.39. The smallest absolute Gasteiger partial charge is 0.123 e. The van der Waals surface area contributed by atoms with Crippen molar-refractivity contribution in [3.05, 3.63) is 29.8 Å². The summed E-state index contributed by atoms with van der Waals surface area (Å²) in [6.45, 7) is 8.84. The molecule has 2 N–H and O–H groups in total. The van der Waals surface area contributed by atoms with Crippen molar-refractivity contribution in [3.8, 4) is 5.75 Å². The quantitative estimate of drug-likeness (QED) is 0.808. The molecular weight excluding hydrogens is 224 g/mol. The maximum absolute atomic E-state index is 5.82. The van der Waals surface area contributed by atoms with E-state index >= 15 is 0 Å². The fourth-order valence-electron chi connectivity index (χ4n) is 1.68. The van der Waals surface area contributed by atoms with Crippen LogP contribution in [-0.2, 0) is 6.54 Å². The first-order valence-corrected chi connectivity index (χ1v) is 6.63. The largest absolute Gasteiger partial charge is 0.492 e. The maximum Gasteiger partial charge on any atom is 0.123 e. The molecule has 0 aliphatic rings. The van der Waals surface area contributed by atoms with Crippen LogP contribution in [0.2, 0.25) is 0 Å². The summed E-state index contributed by atoms with van der Waals surface area (Å²) < 4.78 is 5.82. The van der Waals surface area contributed by atoms with Crippen molar-refractivity contribution >= 4 is 0 Å². The van der Waals surface area contributed by atoms with Crippen LogP contribution in [-0.4, -0.2) is 30.6 Å². The Hall–Kier alpha value is -1.06. The van der Waals surface area contributed by atoms with Crippen molar-refractivity contribution < 1.29 is 4.74 Å². The molecule has 0 saturated heterocycles. The predicted octanol–water partition coefficient (Wildman–Crippen LogP) is 2.64. The molecule has 3 heteroatoms. The predicted molar refractivity (Wildman–Crippen MR) is 76.8 cm³/mol. The molecule has 0 amide bonds. The number of rotatable bonds is 7. The molecule has 1 aromatic rings. The summed E-state index contributed by atoms with van der Waals surface area (Å²) >= 11 is 0. The monoisotopic (exact) mass is 250 g/mol. The van der Waals surface area contributed by atoms with Crippen molar-refractivity contribution in [2.24, 2.45) is 5.73 Å². The second-order valence-corrected chi connectivity index (χ2v) is 5.25. The van der Waals surface area contributed by atoms with Gasteiger partial charge in [-0.2, -0.15) is 0 Å². The summed E-state index contributed by atoms with van der Waals surface area (Å²) in [5, 5.41) is 0. The van der Waals surface area contributed by atoms with Crippen LogP contribution in [0.25, 0.3) is 0 Å². The number of nitrogens with two attached hydrogens (primary N) is 1. The normalized spacial score (nSPS) is 11.9. The van der Waals surface area contributed by atoms with Crippen LogP contribution in [0, 0.1) is 0 Å². The van der Waals surface area contributed by atoms with Crippen LogP contribution in [0.5, 0.6) is 5.75 Å². The number of likely N-dealkylation sites (N-methyl/N-ethyl adjacent to an activating group) is 1. The van der Waals surface area contributed by atoms with Gasteiger partial charge in [-0.05, 0) is 33.4 Å². The third-order valence-corrected chi connectivity index (χ3v) is 3.78. The third kappa shape index (κ3) is 4.00. The lowest BCUT2D eigenvalue weighted by Crippen LogP contribution is -2.42. The van der Waals surface area contributed by atoms with Gasteiger partial charge in [-0.3, -0.25) is 4.90 Å². The van der Waals surface area contributed by atoms with Gasteiger partial charge in [-0.15, -0.1) is 0 Å². The molecule has 0 saturated carbocycles. The lowest BCUT2D eigenvalue weighted by Gasteiger charge is -2.34. The van der Waals surface area contributed by atoms with Crippen molar-refractivity contribution in [3.63, 3.8) is 0 Å². The summed E-state index contributed by atoms with van der Waals surface area (Å²) in [5.41, 5.74) is 6.97. The van der Waals surface area contributed by atoms with Gasteiger partial charge in [-0.1, -0.05) is 25.1 Å². The Labute approximate surface area is 111 Å². The van der Waals surface area contributed by atoms with Crippen LogP contribution in [0.4, 0.5) is 0 Å². The van der Waals surface area contributed by atoms with Crippen LogP contribution in [0.15, 0.2) is 24.3 Å². The Balaban J connectivity index is 2.47. The molecule has 0 spiro atoms. The molecule has 0 radical (unpaired) electrons. The van der Waals surface area contributed by atoms with E-state index in [2.05, 4.69) is 32.7 Å². The number of nitrogens with zero attached hydrogens (tertiary/aromatic N) is 1. The number of hydrogen-bond donors (Lipinski definition) is 1. The number of hydrogen-bond acceptors (Lipinski definition) is 3. The van der Waals surface area contributed by atoms with Crippen LogP contribution in [0.3, 0.4) is 0 Å². The fraction of sp³-hybridized carbons (Fsp3) is 0.600. The Morgan fingerprint density at radius 2 is 1.94 bits per heavy atom. The lowest BCUT2D eigenvalue weighted by atomic mass is 10.0. The molecule has 18 heavy (non-hydrogen) atoms. The Morgan fingerprint density at radius 3 is 2.56 bits per heavy atom. The summed E-state index contributed by atoms with van der Waals surface area (Å²) in [6, 6.07) is 7.96. The van der Waals surface area contributed by atoms with Crippen LogP contribution >= 0.6 is 0 Å². The van der Waals surface area contributed by atoms with Gasteiger partial charge in [0.2, 0.25) is 0 Å². The molecule has 102 valence electrons. The van der Waals surface area contributed by atoms with Crippen molar-refractivity contribution in [2.45, 2.75) is 39.3 Å². The first-order chi connectivity index (χ1) is 8.51. The molecular formula is C15H26N2O. The van der Waals surface area contributed by atoms with E-state index in [0.29, 0.717) is 13.2 Å². The molecule has 1 aromatic carbocycles. The summed E-state index contributed by atoms with van der Waals surface area (Å²) in [5.74, 6) is 0.905. The van der Waals surface area contributed by atoms with Crippen LogP contribution < -0.4 is 10.5 Å². The fourth-order valence-corrected chi connectivity index (χ4v) is 1.68. The van der Waals surface area contributed by atoms with E-state index in [1.807, 2.05) is 24.3 Å². The van der Waals surface area contributed by atoms with Gasteiger partial charge in [0.25, 0.3) is 0 Å². The maximum atomic E-state index is 5.82. The second kappa shape index (κ2) is 6.76. The molecule has 0 unspecified atom stereocenters. The zero-order valence-electron chi connectivity index (χ0n) is 12.1. The van der Waals surface area contributed by atoms with E-state index in [4.69, 9.17) is 10.5 Å². The van der Waals surface area contributed by atoms with Gasteiger partial charge in [0.1, 0.15) is 12.4 Å². The Kier molecular flexibility index (Phi) is 5.63. The van der Waals surface area contributed by atoms with Gasteiger partial charge in [0, 0.05) is 24.2 Å². The molecule has 0 atom stereocenters. The standard InChI is InChI=1S/C15H26N2O/c1-5-15(2,3)17(4)10-11-18-14-9-7-6-8-13(14)12-16/h6-9H,5,10-12,16H2,1-4H3. The zero-order valence-corrected chi connectivity index (χ0v) is 12.1. The highest BCUT2D eigenvalue weighted by molar-refractivity contribution is 5.32. The van der Waals surface area contributed by atoms with E-state index in [9.17, 15) is 0 Å². The van der Waals surface area contributed by atoms with E-state index in [0.717, 1.165) is 24.3 Å². The van der Waals surface area contributed by atoms with Crippen LogP contribution in [0.1, 0.15) is 32.8 Å². The Bertz CT molecular complexity index is 363. The van der Waals surface area contributed by atoms with Crippen molar-refractivity contribution in [1.82, 2.24) is 4.90 Å². The molecule has 0 aromatic heterocycles. The minimum absolute atomic E-state index is 0.219. The summed E-state index contributed by atoms with van der Waals surface area (Å²) in [4.78, 5) is 2.33.